The number of hydrogen-bond acceptors (Lipinski definition) is 5. The quantitative estimate of drug-likeness (QED) is 0.230. The second kappa shape index (κ2) is 5.29. The highest BCUT2D eigenvalue weighted by Crippen LogP contribution is 2.11. The standard InChI is InChI=1S/C9H15N3O2/c1-5(2)7(10)9(12-14)8(11-13)6(3)4/h7-8,14H,1,3,10H2,2,4H3/t7-,8+/m0/s1. The zero-order valence-electron chi connectivity index (χ0n) is 8.40. The fourth-order valence-electron chi connectivity index (χ4n) is 0.936. The molecule has 0 heterocycles. The lowest BCUT2D eigenvalue weighted by molar-refractivity contribution is 0.315. The molecule has 0 saturated carbocycles. The monoisotopic (exact) mass is 197 g/mol. The highest BCUT2D eigenvalue weighted by atomic mass is 16.4. The Labute approximate surface area is 83.0 Å². The van der Waals surface area contributed by atoms with Gasteiger partial charge in [0.05, 0.1) is 6.04 Å². The zero-order valence-corrected chi connectivity index (χ0v) is 8.40. The Balaban J connectivity index is 4.98. The van der Waals surface area contributed by atoms with Crippen LogP contribution in [0.3, 0.4) is 0 Å². The van der Waals surface area contributed by atoms with Crippen LogP contribution in [0, 0.1) is 4.91 Å². The molecule has 0 radical (unpaired) electrons. The molecule has 5 nitrogen and oxygen atoms in total. The first-order valence-electron chi connectivity index (χ1n) is 4.06. The highest BCUT2D eigenvalue weighted by Gasteiger charge is 2.24. The Morgan fingerprint density at radius 1 is 1.36 bits per heavy atom. The Kier molecular flexibility index (Phi) is 4.72. The van der Waals surface area contributed by atoms with Crippen LogP contribution in [0.4, 0.5) is 0 Å². The molecular weight excluding hydrogens is 182 g/mol. The Hall–Kier alpha value is -1.49. The minimum absolute atomic E-state index is 0.0694. The first kappa shape index (κ1) is 12.5. The summed E-state index contributed by atoms with van der Waals surface area (Å²) in [5.74, 6) is 0. The molecule has 0 aliphatic rings. The van der Waals surface area contributed by atoms with E-state index in [9.17, 15) is 4.91 Å². The Bertz CT molecular complexity index is 284. The molecule has 0 aromatic heterocycles. The summed E-state index contributed by atoms with van der Waals surface area (Å²) in [4.78, 5) is 10.5. The summed E-state index contributed by atoms with van der Waals surface area (Å²) in [5.41, 5.74) is 6.79. The predicted molar refractivity (Wildman–Crippen MR) is 56.4 cm³/mol. The van der Waals surface area contributed by atoms with Crippen LogP contribution < -0.4 is 5.73 Å². The molecule has 0 saturated heterocycles. The number of rotatable bonds is 5. The molecule has 0 unspecified atom stereocenters. The van der Waals surface area contributed by atoms with Gasteiger partial charge in [0, 0.05) is 0 Å². The molecule has 0 spiro atoms. The van der Waals surface area contributed by atoms with E-state index in [0.717, 1.165) is 0 Å². The van der Waals surface area contributed by atoms with Gasteiger partial charge in [-0.3, -0.25) is 0 Å². The molecule has 78 valence electrons. The van der Waals surface area contributed by atoms with Gasteiger partial charge in [0.15, 0.2) is 6.04 Å². The summed E-state index contributed by atoms with van der Waals surface area (Å²) in [6, 6.07) is -1.58. The zero-order chi connectivity index (χ0) is 11.3. The van der Waals surface area contributed by atoms with Crippen molar-refractivity contribution in [3.63, 3.8) is 0 Å². The van der Waals surface area contributed by atoms with Crippen molar-refractivity contribution in [2.45, 2.75) is 25.9 Å². The molecule has 0 aromatic rings. The van der Waals surface area contributed by atoms with Crippen molar-refractivity contribution in [3.05, 3.63) is 29.2 Å². The van der Waals surface area contributed by atoms with Crippen molar-refractivity contribution in [1.82, 2.24) is 0 Å². The number of oxime groups is 1. The maximum absolute atomic E-state index is 10.5. The fourth-order valence-corrected chi connectivity index (χ4v) is 0.936. The van der Waals surface area contributed by atoms with Crippen molar-refractivity contribution in [2.24, 2.45) is 16.1 Å². The maximum Gasteiger partial charge on any atom is 0.156 e. The first-order chi connectivity index (χ1) is 6.45. The summed E-state index contributed by atoms with van der Waals surface area (Å²) < 4.78 is 0. The number of hydrogen-bond donors (Lipinski definition) is 2. The first-order valence-corrected chi connectivity index (χ1v) is 4.06. The molecule has 0 aromatic carbocycles. The van der Waals surface area contributed by atoms with Gasteiger partial charge in [-0.2, -0.15) is 0 Å². The van der Waals surface area contributed by atoms with Crippen LogP contribution in [0.15, 0.2) is 34.6 Å². The second-order valence-corrected chi connectivity index (χ2v) is 3.20. The fraction of sp³-hybridized carbons (Fsp3) is 0.444. The summed E-state index contributed by atoms with van der Waals surface area (Å²) >= 11 is 0. The molecule has 2 atom stereocenters. The average Bonchev–Trinajstić information content (AvgIpc) is 2.11. The van der Waals surface area contributed by atoms with Crippen molar-refractivity contribution < 1.29 is 5.21 Å². The molecular formula is C9H15N3O2. The maximum atomic E-state index is 10.5. The third kappa shape index (κ3) is 2.77. The van der Waals surface area contributed by atoms with E-state index in [-0.39, 0.29) is 5.71 Å². The highest BCUT2D eigenvalue weighted by molar-refractivity contribution is 5.98. The third-order valence-corrected chi connectivity index (χ3v) is 1.82. The third-order valence-electron chi connectivity index (χ3n) is 1.82. The molecule has 3 N–H and O–H groups in total. The van der Waals surface area contributed by atoms with Crippen LogP contribution in [0.5, 0.6) is 0 Å². The molecule has 0 amide bonds. The normalized spacial score (nSPS) is 15.8. The van der Waals surface area contributed by atoms with Gasteiger partial charge in [0.1, 0.15) is 5.71 Å². The molecule has 0 aliphatic carbocycles. The van der Waals surface area contributed by atoms with Crippen molar-refractivity contribution in [3.8, 4) is 0 Å². The Morgan fingerprint density at radius 2 is 1.86 bits per heavy atom. The van der Waals surface area contributed by atoms with Crippen molar-refractivity contribution >= 4 is 5.71 Å². The van der Waals surface area contributed by atoms with Crippen molar-refractivity contribution in [1.29, 1.82) is 0 Å². The number of nitrogens with zero attached hydrogens (tertiary/aromatic N) is 2. The van der Waals surface area contributed by atoms with E-state index in [2.05, 4.69) is 23.5 Å². The average molecular weight is 197 g/mol. The minimum Gasteiger partial charge on any atom is -0.411 e. The van der Waals surface area contributed by atoms with Gasteiger partial charge in [0.25, 0.3) is 0 Å². The lowest BCUT2D eigenvalue weighted by atomic mass is 9.96. The van der Waals surface area contributed by atoms with Gasteiger partial charge in [0.2, 0.25) is 0 Å². The smallest absolute Gasteiger partial charge is 0.156 e. The van der Waals surface area contributed by atoms with Gasteiger partial charge in [-0.25, -0.2) is 0 Å². The van der Waals surface area contributed by atoms with Crippen molar-refractivity contribution in [2.75, 3.05) is 0 Å². The van der Waals surface area contributed by atoms with Crippen LogP contribution in [-0.4, -0.2) is 23.0 Å². The van der Waals surface area contributed by atoms with Gasteiger partial charge in [-0.1, -0.05) is 29.1 Å². The number of nitroso groups, excluding NO2 is 1. The predicted octanol–water partition coefficient (Wildman–Crippen LogP) is 1.43. The summed E-state index contributed by atoms with van der Waals surface area (Å²) in [5, 5.41) is 14.5. The minimum atomic E-state index is -0.897. The number of nitrogens with two attached hydrogens (primary N) is 1. The van der Waals surface area contributed by atoms with E-state index in [4.69, 9.17) is 10.9 Å². The van der Waals surface area contributed by atoms with E-state index in [1.807, 2.05) is 0 Å². The van der Waals surface area contributed by atoms with Gasteiger partial charge in [-0.15, -0.1) is 4.91 Å². The van der Waals surface area contributed by atoms with Crippen LogP contribution in [0.2, 0.25) is 0 Å². The largest absolute Gasteiger partial charge is 0.411 e. The SMILES string of the molecule is C=C(C)[C@H](N)C(=NO)[C@H](N=O)C(=C)C. The Morgan fingerprint density at radius 3 is 2.07 bits per heavy atom. The molecule has 0 aliphatic heterocycles. The lowest BCUT2D eigenvalue weighted by Gasteiger charge is -2.17. The van der Waals surface area contributed by atoms with E-state index < -0.39 is 12.1 Å². The summed E-state index contributed by atoms with van der Waals surface area (Å²) in [6.45, 7) is 10.5. The summed E-state index contributed by atoms with van der Waals surface area (Å²) in [7, 11) is 0. The van der Waals surface area contributed by atoms with E-state index in [1.54, 1.807) is 13.8 Å². The lowest BCUT2D eigenvalue weighted by Crippen LogP contribution is -2.39. The van der Waals surface area contributed by atoms with Gasteiger partial charge < -0.3 is 10.9 Å². The molecule has 0 fully saturated rings. The molecule has 0 bridgehead atoms. The van der Waals surface area contributed by atoms with E-state index in [1.165, 1.54) is 0 Å². The van der Waals surface area contributed by atoms with Crippen LogP contribution in [0.25, 0.3) is 0 Å². The molecule has 5 heteroatoms. The topological polar surface area (TPSA) is 88.0 Å². The van der Waals surface area contributed by atoms with Crippen LogP contribution in [-0.2, 0) is 0 Å². The van der Waals surface area contributed by atoms with E-state index in [0.29, 0.717) is 11.1 Å². The van der Waals surface area contributed by atoms with E-state index >= 15 is 0 Å². The molecule has 0 rings (SSSR count). The second-order valence-electron chi connectivity index (χ2n) is 3.20. The van der Waals surface area contributed by atoms with Gasteiger partial charge in [-0.05, 0) is 19.4 Å². The van der Waals surface area contributed by atoms with Crippen LogP contribution in [0.1, 0.15) is 13.8 Å². The van der Waals surface area contributed by atoms with Crippen LogP contribution >= 0.6 is 0 Å². The summed E-state index contributed by atoms with van der Waals surface area (Å²) in [6.07, 6.45) is 0. The molecule has 14 heavy (non-hydrogen) atoms. The van der Waals surface area contributed by atoms with Gasteiger partial charge >= 0.3 is 0 Å².